The van der Waals surface area contributed by atoms with Gasteiger partial charge in [-0.25, -0.2) is 4.39 Å². The molecule has 1 aromatic rings. The van der Waals surface area contributed by atoms with Crippen molar-refractivity contribution in [2.75, 3.05) is 13.2 Å². The molecule has 1 aliphatic carbocycles. The molecule has 0 spiro atoms. The maximum absolute atomic E-state index is 13.5. The van der Waals surface area contributed by atoms with Crippen LogP contribution in [0.4, 0.5) is 4.39 Å². The van der Waals surface area contributed by atoms with Crippen LogP contribution in [0.15, 0.2) is 24.3 Å². The van der Waals surface area contributed by atoms with Gasteiger partial charge in [-0.15, -0.1) is 0 Å². The van der Waals surface area contributed by atoms with Gasteiger partial charge >= 0.3 is 0 Å². The SMILES string of the molecule is O=C(NCCCO)C1CC1c1ccccc1F. The molecule has 1 aromatic carbocycles. The Balaban J connectivity index is 1.88. The number of carbonyl (C=O) groups excluding carboxylic acids is 1. The Labute approximate surface area is 99.7 Å². The Bertz CT molecular complexity index is 408. The lowest BCUT2D eigenvalue weighted by Crippen LogP contribution is -2.26. The van der Waals surface area contributed by atoms with Gasteiger partial charge in [0, 0.05) is 19.1 Å². The number of benzene rings is 1. The van der Waals surface area contributed by atoms with Crippen molar-refractivity contribution < 1.29 is 14.3 Å². The van der Waals surface area contributed by atoms with E-state index in [1.54, 1.807) is 18.2 Å². The summed E-state index contributed by atoms with van der Waals surface area (Å²) in [6.45, 7) is 0.553. The van der Waals surface area contributed by atoms with Crippen molar-refractivity contribution in [3.05, 3.63) is 35.6 Å². The van der Waals surface area contributed by atoms with Crippen LogP contribution in [-0.4, -0.2) is 24.2 Å². The Kier molecular flexibility index (Phi) is 3.74. The largest absolute Gasteiger partial charge is 0.396 e. The second-order valence-electron chi connectivity index (χ2n) is 4.34. The summed E-state index contributed by atoms with van der Waals surface area (Å²) in [4.78, 5) is 11.7. The van der Waals surface area contributed by atoms with Crippen LogP contribution in [0.5, 0.6) is 0 Å². The predicted molar refractivity (Wildman–Crippen MR) is 62.0 cm³/mol. The molecule has 2 N–H and O–H groups in total. The molecule has 2 unspecified atom stereocenters. The lowest BCUT2D eigenvalue weighted by Gasteiger charge is -2.04. The molecule has 3 nitrogen and oxygen atoms in total. The van der Waals surface area contributed by atoms with Gasteiger partial charge in [0.1, 0.15) is 5.82 Å². The van der Waals surface area contributed by atoms with E-state index >= 15 is 0 Å². The quantitative estimate of drug-likeness (QED) is 0.761. The normalized spacial score (nSPS) is 22.2. The summed E-state index contributed by atoms with van der Waals surface area (Å²) in [6.07, 6.45) is 1.27. The van der Waals surface area contributed by atoms with Gasteiger partial charge in [0.25, 0.3) is 0 Å². The predicted octanol–water partition coefficient (Wildman–Crippen LogP) is 1.43. The van der Waals surface area contributed by atoms with E-state index in [0.29, 0.717) is 24.9 Å². The lowest BCUT2D eigenvalue weighted by atomic mass is 10.1. The van der Waals surface area contributed by atoms with Gasteiger partial charge in [-0.05, 0) is 30.4 Å². The smallest absolute Gasteiger partial charge is 0.223 e. The highest BCUT2D eigenvalue weighted by Gasteiger charge is 2.44. The highest BCUT2D eigenvalue weighted by atomic mass is 19.1. The fourth-order valence-electron chi connectivity index (χ4n) is 2.03. The molecule has 92 valence electrons. The molecule has 0 aromatic heterocycles. The molecule has 1 aliphatic rings. The summed E-state index contributed by atoms with van der Waals surface area (Å²) < 4.78 is 13.5. The molecule has 17 heavy (non-hydrogen) atoms. The number of hydrogen-bond donors (Lipinski definition) is 2. The number of amides is 1. The summed E-state index contributed by atoms with van der Waals surface area (Å²) in [7, 11) is 0. The summed E-state index contributed by atoms with van der Waals surface area (Å²) in [5, 5.41) is 11.3. The fourth-order valence-corrected chi connectivity index (χ4v) is 2.03. The van der Waals surface area contributed by atoms with Crippen molar-refractivity contribution >= 4 is 5.91 Å². The van der Waals surface area contributed by atoms with E-state index in [2.05, 4.69) is 5.32 Å². The molecule has 1 fully saturated rings. The van der Waals surface area contributed by atoms with Gasteiger partial charge in [-0.2, -0.15) is 0 Å². The molecule has 0 aliphatic heterocycles. The van der Waals surface area contributed by atoms with Gasteiger partial charge < -0.3 is 10.4 Å². The average molecular weight is 237 g/mol. The summed E-state index contributed by atoms with van der Waals surface area (Å²) in [6, 6.07) is 6.60. The average Bonchev–Trinajstić information content (AvgIpc) is 3.10. The highest BCUT2D eigenvalue weighted by molar-refractivity contribution is 5.82. The minimum absolute atomic E-state index is 0.0188. The maximum atomic E-state index is 13.5. The van der Waals surface area contributed by atoms with Crippen molar-refractivity contribution in [3.63, 3.8) is 0 Å². The topological polar surface area (TPSA) is 49.3 Å². The number of hydrogen-bond acceptors (Lipinski definition) is 2. The Morgan fingerprint density at radius 2 is 2.24 bits per heavy atom. The number of aliphatic hydroxyl groups is 1. The number of aliphatic hydroxyl groups excluding tert-OH is 1. The van der Waals surface area contributed by atoms with Crippen LogP contribution >= 0.6 is 0 Å². The first-order valence-corrected chi connectivity index (χ1v) is 5.87. The van der Waals surface area contributed by atoms with Gasteiger partial charge in [0.2, 0.25) is 5.91 Å². The number of halogens is 1. The lowest BCUT2D eigenvalue weighted by molar-refractivity contribution is -0.122. The van der Waals surface area contributed by atoms with E-state index < -0.39 is 0 Å². The molecule has 0 bridgehead atoms. The first kappa shape index (κ1) is 12.0. The van der Waals surface area contributed by atoms with E-state index in [9.17, 15) is 9.18 Å². The molecule has 1 amide bonds. The van der Waals surface area contributed by atoms with Crippen molar-refractivity contribution in [2.24, 2.45) is 5.92 Å². The molecule has 0 saturated heterocycles. The third-order valence-corrected chi connectivity index (χ3v) is 3.07. The highest BCUT2D eigenvalue weighted by Crippen LogP contribution is 2.48. The second-order valence-corrected chi connectivity index (χ2v) is 4.34. The summed E-state index contributed by atoms with van der Waals surface area (Å²) in [5.41, 5.74) is 0.634. The number of nitrogens with one attached hydrogen (secondary N) is 1. The summed E-state index contributed by atoms with van der Waals surface area (Å²) >= 11 is 0. The van der Waals surface area contributed by atoms with Gasteiger partial charge in [-0.3, -0.25) is 4.79 Å². The summed E-state index contributed by atoms with van der Waals surface area (Å²) in [5.74, 6) is -0.356. The molecule has 2 rings (SSSR count). The van der Waals surface area contributed by atoms with E-state index in [0.717, 1.165) is 0 Å². The molecular formula is C13H16FNO2. The van der Waals surface area contributed by atoms with E-state index in [1.165, 1.54) is 6.07 Å². The zero-order valence-electron chi connectivity index (χ0n) is 9.53. The molecule has 4 heteroatoms. The van der Waals surface area contributed by atoms with Crippen molar-refractivity contribution in [2.45, 2.75) is 18.8 Å². The molecule has 0 radical (unpaired) electrons. The molecule has 0 heterocycles. The van der Waals surface area contributed by atoms with Crippen LogP contribution in [0.3, 0.4) is 0 Å². The van der Waals surface area contributed by atoms with Crippen molar-refractivity contribution in [1.82, 2.24) is 5.32 Å². The minimum atomic E-state index is -0.233. The standard InChI is InChI=1S/C13H16FNO2/c14-12-5-2-1-4-9(12)10-8-11(10)13(17)15-6-3-7-16/h1-2,4-5,10-11,16H,3,6-8H2,(H,15,17). The van der Waals surface area contributed by atoms with Crippen LogP contribution < -0.4 is 5.32 Å². The van der Waals surface area contributed by atoms with Crippen LogP contribution in [0.1, 0.15) is 24.3 Å². The molecule has 2 atom stereocenters. The van der Waals surface area contributed by atoms with E-state index in [-0.39, 0.29) is 30.2 Å². The first-order valence-electron chi connectivity index (χ1n) is 5.87. The zero-order valence-corrected chi connectivity index (χ0v) is 9.53. The fraction of sp³-hybridized carbons (Fsp3) is 0.462. The van der Waals surface area contributed by atoms with Gasteiger partial charge in [0.05, 0.1) is 0 Å². The third-order valence-electron chi connectivity index (χ3n) is 3.07. The van der Waals surface area contributed by atoms with E-state index in [4.69, 9.17) is 5.11 Å². The van der Waals surface area contributed by atoms with Crippen LogP contribution in [0, 0.1) is 11.7 Å². The van der Waals surface area contributed by atoms with Crippen molar-refractivity contribution in [1.29, 1.82) is 0 Å². The zero-order chi connectivity index (χ0) is 12.3. The van der Waals surface area contributed by atoms with Gasteiger partial charge in [0.15, 0.2) is 0 Å². The maximum Gasteiger partial charge on any atom is 0.223 e. The van der Waals surface area contributed by atoms with Crippen LogP contribution in [0.25, 0.3) is 0 Å². The molecule has 1 saturated carbocycles. The van der Waals surface area contributed by atoms with E-state index in [1.807, 2.05) is 0 Å². The van der Waals surface area contributed by atoms with Crippen LogP contribution in [-0.2, 0) is 4.79 Å². The van der Waals surface area contributed by atoms with Gasteiger partial charge in [-0.1, -0.05) is 18.2 Å². The molecular weight excluding hydrogens is 221 g/mol. The third kappa shape index (κ3) is 2.82. The Morgan fingerprint density at radius 3 is 2.94 bits per heavy atom. The number of rotatable bonds is 5. The minimum Gasteiger partial charge on any atom is -0.396 e. The van der Waals surface area contributed by atoms with Crippen molar-refractivity contribution in [3.8, 4) is 0 Å². The number of carbonyl (C=O) groups is 1. The Hall–Kier alpha value is -1.42. The Morgan fingerprint density at radius 1 is 1.47 bits per heavy atom. The second kappa shape index (κ2) is 5.27. The first-order chi connectivity index (χ1) is 8.24. The van der Waals surface area contributed by atoms with Crippen LogP contribution in [0.2, 0.25) is 0 Å². The monoisotopic (exact) mass is 237 g/mol.